The molecule has 0 aromatic rings. The Kier molecular flexibility index (Phi) is 10.2. The zero-order valence-electron chi connectivity index (χ0n) is 14.1. The molecule has 118 valence electrons. The lowest BCUT2D eigenvalue weighted by atomic mass is 10.1. The van der Waals surface area contributed by atoms with E-state index in [4.69, 9.17) is 0 Å². The van der Waals surface area contributed by atoms with Crippen molar-refractivity contribution in [1.82, 2.24) is 15.5 Å². The molecule has 0 radical (unpaired) electrons. The Hall–Kier alpha value is -1.03. The number of hydrogen-bond donors (Lipinski definition) is 2. The van der Waals surface area contributed by atoms with Crippen LogP contribution in [0.2, 0.25) is 0 Å². The molecule has 0 saturated heterocycles. The van der Waals surface area contributed by atoms with E-state index >= 15 is 0 Å². The van der Waals surface area contributed by atoms with Gasteiger partial charge in [0.1, 0.15) is 0 Å². The van der Waals surface area contributed by atoms with Crippen molar-refractivity contribution in [2.24, 2.45) is 4.99 Å². The van der Waals surface area contributed by atoms with Gasteiger partial charge in [0, 0.05) is 39.3 Å². The van der Waals surface area contributed by atoms with Gasteiger partial charge in [-0.15, -0.1) is 6.58 Å². The van der Waals surface area contributed by atoms with Crippen LogP contribution in [0.25, 0.3) is 0 Å². The smallest absolute Gasteiger partial charge is 0.193 e. The molecule has 2 N–H and O–H groups in total. The van der Waals surface area contributed by atoms with Crippen LogP contribution < -0.4 is 10.6 Å². The molecular weight excluding hydrogens is 248 g/mol. The van der Waals surface area contributed by atoms with Crippen molar-refractivity contribution in [1.29, 1.82) is 0 Å². The summed E-state index contributed by atoms with van der Waals surface area (Å²) < 4.78 is 0. The zero-order chi connectivity index (χ0) is 15.4. The first kappa shape index (κ1) is 19.0. The Labute approximate surface area is 125 Å². The van der Waals surface area contributed by atoms with E-state index in [-0.39, 0.29) is 5.54 Å². The van der Waals surface area contributed by atoms with Crippen molar-refractivity contribution in [3.8, 4) is 0 Å². The van der Waals surface area contributed by atoms with E-state index in [0.29, 0.717) is 0 Å². The summed E-state index contributed by atoms with van der Waals surface area (Å²) in [5, 5.41) is 6.85. The third-order valence-corrected chi connectivity index (χ3v) is 3.04. The fraction of sp³-hybridized carbons (Fsp3) is 0.812. The van der Waals surface area contributed by atoms with Crippen LogP contribution in [-0.4, -0.2) is 50.1 Å². The first-order valence-corrected chi connectivity index (χ1v) is 7.68. The predicted molar refractivity (Wildman–Crippen MR) is 90.4 cm³/mol. The summed E-state index contributed by atoms with van der Waals surface area (Å²) in [5.74, 6) is 0.976. The summed E-state index contributed by atoms with van der Waals surface area (Å²) in [6, 6.07) is 0. The van der Waals surface area contributed by atoms with Crippen molar-refractivity contribution in [2.75, 3.05) is 33.7 Å². The summed E-state index contributed by atoms with van der Waals surface area (Å²) in [4.78, 5) is 6.52. The molecule has 4 nitrogen and oxygen atoms in total. The molecule has 0 rings (SSSR count). The van der Waals surface area contributed by atoms with Crippen molar-refractivity contribution in [2.45, 2.75) is 52.0 Å². The molecule has 0 aromatic heterocycles. The van der Waals surface area contributed by atoms with Gasteiger partial charge in [0.15, 0.2) is 5.96 Å². The first-order valence-electron chi connectivity index (χ1n) is 7.68. The fourth-order valence-electron chi connectivity index (χ4n) is 1.92. The Bertz CT molecular complexity index is 279. The number of aliphatic imine (C=N–C) groups is 1. The number of guanidine groups is 1. The van der Waals surface area contributed by atoms with E-state index in [1.165, 1.54) is 19.3 Å². The lowest BCUT2D eigenvalue weighted by molar-refractivity contribution is 0.420. The summed E-state index contributed by atoms with van der Waals surface area (Å²) in [5.41, 5.74) is 0.169. The van der Waals surface area contributed by atoms with Crippen molar-refractivity contribution in [3.63, 3.8) is 0 Å². The number of unbranched alkanes of at least 4 members (excludes halogenated alkanes) is 3. The van der Waals surface area contributed by atoms with E-state index in [0.717, 1.165) is 32.0 Å². The van der Waals surface area contributed by atoms with Gasteiger partial charge in [-0.2, -0.15) is 0 Å². The van der Waals surface area contributed by atoms with Gasteiger partial charge in [0.2, 0.25) is 0 Å². The second kappa shape index (κ2) is 10.7. The van der Waals surface area contributed by atoms with Crippen LogP contribution in [0, 0.1) is 0 Å². The lowest BCUT2D eigenvalue weighted by Crippen LogP contribution is -2.45. The maximum atomic E-state index is 4.32. The van der Waals surface area contributed by atoms with Crippen LogP contribution in [0.1, 0.15) is 46.5 Å². The van der Waals surface area contributed by atoms with E-state index < -0.39 is 0 Å². The highest BCUT2D eigenvalue weighted by molar-refractivity contribution is 5.79. The van der Waals surface area contributed by atoms with Gasteiger partial charge >= 0.3 is 0 Å². The standard InChI is InChI=1S/C16H34N4/c1-7-8-9-10-11-14-20(6)15(17-5)18-12-13-19-16(2,3)4/h7,19H,1,8-14H2,2-6H3,(H,17,18). The van der Waals surface area contributed by atoms with Gasteiger partial charge in [0.05, 0.1) is 0 Å². The van der Waals surface area contributed by atoms with Crippen LogP contribution >= 0.6 is 0 Å². The molecule has 0 aliphatic carbocycles. The van der Waals surface area contributed by atoms with Gasteiger partial charge < -0.3 is 15.5 Å². The molecule has 0 unspecified atom stereocenters. The topological polar surface area (TPSA) is 39.7 Å². The molecule has 0 fully saturated rings. The normalized spacial score (nSPS) is 12.3. The van der Waals surface area contributed by atoms with Crippen LogP contribution in [-0.2, 0) is 0 Å². The minimum absolute atomic E-state index is 0.169. The SMILES string of the molecule is C=CCCCCCN(C)C(=NC)NCCNC(C)(C)C. The zero-order valence-corrected chi connectivity index (χ0v) is 14.1. The number of nitrogens with zero attached hydrogens (tertiary/aromatic N) is 2. The molecular formula is C16H34N4. The largest absolute Gasteiger partial charge is 0.355 e. The average molecular weight is 282 g/mol. The highest BCUT2D eigenvalue weighted by Gasteiger charge is 2.08. The summed E-state index contributed by atoms with van der Waals surface area (Å²) >= 11 is 0. The third-order valence-electron chi connectivity index (χ3n) is 3.04. The van der Waals surface area contributed by atoms with Crippen molar-refractivity contribution in [3.05, 3.63) is 12.7 Å². The van der Waals surface area contributed by atoms with E-state index in [9.17, 15) is 0 Å². The minimum Gasteiger partial charge on any atom is -0.355 e. The van der Waals surface area contributed by atoms with E-state index in [1.54, 1.807) is 0 Å². The molecule has 0 atom stereocenters. The number of allylic oxidation sites excluding steroid dienone is 1. The van der Waals surface area contributed by atoms with Crippen LogP contribution in [0.5, 0.6) is 0 Å². The maximum absolute atomic E-state index is 4.32. The molecule has 0 spiro atoms. The first-order chi connectivity index (χ1) is 9.40. The molecule has 0 saturated carbocycles. The molecule has 0 aliphatic heterocycles. The summed E-state index contributed by atoms with van der Waals surface area (Å²) in [6.45, 7) is 13.2. The third kappa shape index (κ3) is 10.9. The van der Waals surface area contributed by atoms with E-state index in [1.807, 2.05) is 13.1 Å². The van der Waals surface area contributed by atoms with Gasteiger partial charge in [0.25, 0.3) is 0 Å². The van der Waals surface area contributed by atoms with Gasteiger partial charge in [-0.25, -0.2) is 0 Å². The number of nitrogens with one attached hydrogen (secondary N) is 2. The van der Waals surface area contributed by atoms with Crippen LogP contribution in [0.4, 0.5) is 0 Å². The van der Waals surface area contributed by atoms with Crippen molar-refractivity contribution < 1.29 is 0 Å². The molecule has 0 bridgehead atoms. The molecule has 20 heavy (non-hydrogen) atoms. The summed E-state index contributed by atoms with van der Waals surface area (Å²) in [6.07, 6.45) is 6.80. The monoisotopic (exact) mass is 282 g/mol. The average Bonchev–Trinajstić information content (AvgIpc) is 2.37. The van der Waals surface area contributed by atoms with Gasteiger partial charge in [-0.3, -0.25) is 4.99 Å². The number of hydrogen-bond acceptors (Lipinski definition) is 2. The summed E-state index contributed by atoms with van der Waals surface area (Å²) in [7, 11) is 3.94. The molecule has 0 heterocycles. The fourth-order valence-corrected chi connectivity index (χ4v) is 1.92. The Balaban J connectivity index is 3.80. The van der Waals surface area contributed by atoms with E-state index in [2.05, 4.69) is 54.9 Å². The van der Waals surface area contributed by atoms with Gasteiger partial charge in [-0.05, 0) is 40.0 Å². The second-order valence-corrected chi connectivity index (χ2v) is 6.21. The predicted octanol–water partition coefficient (Wildman–Crippen LogP) is 2.63. The minimum atomic E-state index is 0.169. The van der Waals surface area contributed by atoms with Crippen LogP contribution in [0.3, 0.4) is 0 Å². The Morgan fingerprint density at radius 2 is 1.90 bits per heavy atom. The molecule has 4 heteroatoms. The van der Waals surface area contributed by atoms with Crippen LogP contribution in [0.15, 0.2) is 17.6 Å². The lowest BCUT2D eigenvalue weighted by Gasteiger charge is -2.24. The van der Waals surface area contributed by atoms with Crippen molar-refractivity contribution >= 4 is 5.96 Å². The Morgan fingerprint density at radius 3 is 2.45 bits per heavy atom. The maximum Gasteiger partial charge on any atom is 0.193 e. The Morgan fingerprint density at radius 1 is 1.20 bits per heavy atom. The molecule has 0 amide bonds. The number of rotatable bonds is 9. The quantitative estimate of drug-likeness (QED) is 0.295. The highest BCUT2D eigenvalue weighted by atomic mass is 15.3. The molecule has 0 aromatic carbocycles. The second-order valence-electron chi connectivity index (χ2n) is 6.21. The highest BCUT2D eigenvalue weighted by Crippen LogP contribution is 2.01. The van der Waals surface area contributed by atoms with Gasteiger partial charge in [-0.1, -0.05) is 12.5 Å². The molecule has 0 aliphatic rings.